The van der Waals surface area contributed by atoms with Crippen molar-refractivity contribution in [2.24, 2.45) is 10.7 Å². The standard InChI is InChI=1S/C10H14N2O3P/c11-8-12-6-7-14-9-16(13)15-10-4-2-1-3-5-10/h1-5,8H,6-7,9H2,(H2,11,12)/q+1. The lowest BCUT2D eigenvalue weighted by Crippen LogP contribution is -2.00. The minimum Gasteiger partial charge on any atom is -0.390 e. The van der Waals surface area contributed by atoms with Gasteiger partial charge >= 0.3 is 8.03 Å². The molecule has 0 aliphatic heterocycles. The lowest BCUT2D eigenvalue weighted by Gasteiger charge is -1.94. The molecule has 6 heteroatoms. The van der Waals surface area contributed by atoms with Gasteiger partial charge in [0, 0.05) is 0 Å². The highest BCUT2D eigenvalue weighted by Crippen LogP contribution is 2.25. The molecule has 0 fully saturated rings. The first-order chi connectivity index (χ1) is 7.83. The van der Waals surface area contributed by atoms with Gasteiger partial charge in [0.15, 0.2) is 5.75 Å². The summed E-state index contributed by atoms with van der Waals surface area (Å²) >= 11 is 0. The molecule has 1 aromatic rings. The molecule has 0 saturated heterocycles. The number of benzene rings is 1. The maximum Gasteiger partial charge on any atom is 0.585 e. The van der Waals surface area contributed by atoms with E-state index in [0.29, 0.717) is 18.9 Å². The largest absolute Gasteiger partial charge is 0.585 e. The van der Waals surface area contributed by atoms with Crippen molar-refractivity contribution in [3.05, 3.63) is 30.3 Å². The van der Waals surface area contributed by atoms with Gasteiger partial charge in [-0.3, -0.25) is 9.52 Å². The molecule has 86 valence electrons. The maximum atomic E-state index is 11.4. The van der Waals surface area contributed by atoms with Gasteiger partial charge in [-0.25, -0.2) is 0 Å². The summed E-state index contributed by atoms with van der Waals surface area (Å²) in [7, 11) is -1.83. The Balaban J connectivity index is 2.16. The molecule has 0 spiro atoms. The van der Waals surface area contributed by atoms with Gasteiger partial charge in [-0.1, -0.05) is 18.2 Å². The van der Waals surface area contributed by atoms with E-state index in [1.807, 2.05) is 18.2 Å². The second-order valence-electron chi connectivity index (χ2n) is 2.83. The molecule has 0 aromatic heterocycles. The molecule has 1 atom stereocenters. The first kappa shape index (κ1) is 12.6. The fourth-order valence-corrected chi connectivity index (χ4v) is 1.64. The zero-order valence-electron chi connectivity index (χ0n) is 8.78. The van der Waals surface area contributed by atoms with E-state index in [2.05, 4.69) is 4.99 Å². The third-order valence-electron chi connectivity index (χ3n) is 1.62. The third kappa shape index (κ3) is 5.44. The summed E-state index contributed by atoms with van der Waals surface area (Å²) < 4.78 is 21.6. The first-order valence-electron chi connectivity index (χ1n) is 4.78. The second-order valence-corrected chi connectivity index (χ2v) is 3.94. The molecule has 5 nitrogen and oxygen atoms in total. The summed E-state index contributed by atoms with van der Waals surface area (Å²) in [5.41, 5.74) is 5.04. The van der Waals surface area contributed by atoms with Crippen LogP contribution in [0.2, 0.25) is 0 Å². The highest BCUT2D eigenvalue weighted by molar-refractivity contribution is 7.39. The topological polar surface area (TPSA) is 73.9 Å². The molecule has 0 aliphatic rings. The maximum absolute atomic E-state index is 11.4. The monoisotopic (exact) mass is 241 g/mol. The van der Waals surface area contributed by atoms with Gasteiger partial charge in [-0.2, -0.15) is 0 Å². The molecular formula is C10H14N2O3P+. The SMILES string of the molecule is NC=NCCOC[P+](=O)Oc1ccccc1. The summed E-state index contributed by atoms with van der Waals surface area (Å²) in [5.74, 6) is 0.576. The van der Waals surface area contributed by atoms with Crippen LogP contribution in [0.3, 0.4) is 0 Å². The minimum absolute atomic E-state index is 0.0598. The van der Waals surface area contributed by atoms with Crippen LogP contribution >= 0.6 is 8.03 Å². The van der Waals surface area contributed by atoms with Crippen molar-refractivity contribution in [2.75, 3.05) is 19.5 Å². The van der Waals surface area contributed by atoms with Crippen molar-refractivity contribution in [1.29, 1.82) is 0 Å². The minimum atomic E-state index is -1.83. The molecule has 0 heterocycles. The number of nitrogens with zero attached hydrogens (tertiary/aromatic N) is 1. The predicted molar refractivity (Wildman–Crippen MR) is 63.0 cm³/mol. The van der Waals surface area contributed by atoms with Crippen LogP contribution in [-0.2, 0) is 9.30 Å². The van der Waals surface area contributed by atoms with Gasteiger partial charge in [-0.15, -0.1) is 0 Å². The van der Waals surface area contributed by atoms with E-state index in [1.54, 1.807) is 12.1 Å². The molecule has 0 saturated carbocycles. The second kappa shape index (κ2) is 7.79. The van der Waals surface area contributed by atoms with Crippen molar-refractivity contribution in [3.8, 4) is 5.75 Å². The Hall–Kier alpha value is -1.45. The smallest absolute Gasteiger partial charge is 0.390 e. The highest BCUT2D eigenvalue weighted by Gasteiger charge is 2.18. The van der Waals surface area contributed by atoms with Crippen molar-refractivity contribution in [1.82, 2.24) is 0 Å². The quantitative estimate of drug-likeness (QED) is 0.341. The Morgan fingerprint density at radius 3 is 2.81 bits per heavy atom. The van der Waals surface area contributed by atoms with E-state index in [-0.39, 0.29) is 6.35 Å². The van der Waals surface area contributed by atoms with Gasteiger partial charge in [0.2, 0.25) is 0 Å². The number of hydrogen-bond donors (Lipinski definition) is 1. The summed E-state index contributed by atoms with van der Waals surface area (Å²) in [4.78, 5) is 3.74. The average molecular weight is 241 g/mol. The normalized spacial score (nSPS) is 11.6. The van der Waals surface area contributed by atoms with Crippen LogP contribution in [-0.4, -0.2) is 25.8 Å². The van der Waals surface area contributed by atoms with Crippen LogP contribution in [0.1, 0.15) is 0 Å². The number of para-hydroxylation sites is 1. The first-order valence-corrected chi connectivity index (χ1v) is 6.14. The van der Waals surface area contributed by atoms with E-state index in [9.17, 15) is 4.57 Å². The third-order valence-corrected chi connectivity index (χ3v) is 2.43. The van der Waals surface area contributed by atoms with Crippen LogP contribution in [0.25, 0.3) is 0 Å². The lowest BCUT2D eigenvalue weighted by atomic mass is 10.3. The zero-order chi connectivity index (χ0) is 11.6. The molecule has 1 unspecified atom stereocenters. The molecule has 1 aromatic carbocycles. The molecular weight excluding hydrogens is 227 g/mol. The number of rotatable bonds is 7. The molecule has 0 bridgehead atoms. The van der Waals surface area contributed by atoms with Crippen molar-refractivity contribution < 1.29 is 13.8 Å². The van der Waals surface area contributed by atoms with Crippen molar-refractivity contribution >= 4 is 14.4 Å². The van der Waals surface area contributed by atoms with Gasteiger partial charge in [0.25, 0.3) is 6.35 Å². The number of nitrogens with two attached hydrogens (primary N) is 1. The number of aliphatic imine (C=N–C) groups is 1. The lowest BCUT2D eigenvalue weighted by molar-refractivity contribution is 0.181. The molecule has 16 heavy (non-hydrogen) atoms. The van der Waals surface area contributed by atoms with Crippen LogP contribution in [0.5, 0.6) is 5.75 Å². The van der Waals surface area contributed by atoms with Gasteiger partial charge < -0.3 is 10.5 Å². The number of ether oxygens (including phenoxy) is 1. The van der Waals surface area contributed by atoms with Gasteiger partial charge in [0.1, 0.15) is 0 Å². The summed E-state index contributed by atoms with van der Waals surface area (Å²) in [5, 5.41) is 0. The molecule has 0 radical (unpaired) electrons. The zero-order valence-corrected chi connectivity index (χ0v) is 9.68. The van der Waals surface area contributed by atoms with Gasteiger partial charge in [0.05, 0.1) is 19.5 Å². The van der Waals surface area contributed by atoms with E-state index in [4.69, 9.17) is 15.0 Å². The Morgan fingerprint density at radius 2 is 2.12 bits per heavy atom. The Kier molecular flexibility index (Phi) is 6.15. The van der Waals surface area contributed by atoms with E-state index < -0.39 is 8.03 Å². The van der Waals surface area contributed by atoms with Crippen molar-refractivity contribution in [2.45, 2.75) is 0 Å². The van der Waals surface area contributed by atoms with Crippen LogP contribution in [0.4, 0.5) is 0 Å². The summed E-state index contributed by atoms with van der Waals surface area (Å²) in [6.45, 7) is 0.845. The van der Waals surface area contributed by atoms with Crippen LogP contribution in [0, 0.1) is 0 Å². The molecule has 0 aliphatic carbocycles. The Labute approximate surface area is 95.1 Å². The van der Waals surface area contributed by atoms with Crippen LogP contribution in [0.15, 0.2) is 35.3 Å². The van der Waals surface area contributed by atoms with Crippen molar-refractivity contribution in [3.63, 3.8) is 0 Å². The molecule has 2 N–H and O–H groups in total. The Morgan fingerprint density at radius 1 is 1.38 bits per heavy atom. The fourth-order valence-electron chi connectivity index (χ4n) is 0.956. The molecule has 0 amide bonds. The van der Waals surface area contributed by atoms with Crippen LogP contribution < -0.4 is 10.3 Å². The van der Waals surface area contributed by atoms with E-state index in [1.165, 1.54) is 6.34 Å². The Bertz CT molecular complexity index is 343. The fraction of sp³-hybridized carbons (Fsp3) is 0.300. The number of hydrogen-bond acceptors (Lipinski definition) is 4. The van der Waals surface area contributed by atoms with E-state index >= 15 is 0 Å². The highest BCUT2D eigenvalue weighted by atomic mass is 31.1. The average Bonchev–Trinajstić information content (AvgIpc) is 2.30. The summed E-state index contributed by atoms with van der Waals surface area (Å²) in [6, 6.07) is 8.98. The summed E-state index contributed by atoms with van der Waals surface area (Å²) in [6.07, 6.45) is 1.27. The predicted octanol–water partition coefficient (Wildman–Crippen LogP) is 1.77. The van der Waals surface area contributed by atoms with E-state index in [0.717, 1.165) is 0 Å². The van der Waals surface area contributed by atoms with Gasteiger partial charge in [-0.05, 0) is 16.7 Å². The molecule has 1 rings (SSSR count).